The molecule has 118 valence electrons. The lowest BCUT2D eigenvalue weighted by atomic mass is 10.1. The number of carbonyl (C=O) groups is 1. The number of methoxy groups -OCH3 is 1. The molecule has 0 heterocycles. The maximum absolute atomic E-state index is 12.0. The van der Waals surface area contributed by atoms with Crippen molar-refractivity contribution in [3.63, 3.8) is 0 Å². The lowest BCUT2D eigenvalue weighted by Crippen LogP contribution is -2.14. The Hall–Kier alpha value is -1.44. The quantitative estimate of drug-likeness (QED) is 0.651. The molecule has 0 unspecified atom stereocenters. The van der Waals surface area contributed by atoms with E-state index in [0.29, 0.717) is 19.6 Å². The summed E-state index contributed by atoms with van der Waals surface area (Å²) in [6, 6.07) is 6.28. The Kier molecular flexibility index (Phi) is 7.35. The van der Waals surface area contributed by atoms with E-state index < -0.39 is 15.8 Å². The highest BCUT2D eigenvalue weighted by Crippen LogP contribution is 2.13. The highest BCUT2D eigenvalue weighted by Gasteiger charge is 2.14. The lowest BCUT2D eigenvalue weighted by Gasteiger charge is -2.06. The fraction of sp³-hybridized carbons (Fsp3) is 0.500. The average molecular weight is 316 g/mol. The summed E-state index contributed by atoms with van der Waals surface area (Å²) in [5, 5.41) is 8.60. The molecule has 21 heavy (non-hydrogen) atoms. The molecule has 0 aliphatic carbocycles. The third-order valence-electron chi connectivity index (χ3n) is 2.84. The van der Waals surface area contributed by atoms with Crippen LogP contribution in [-0.2, 0) is 30.5 Å². The van der Waals surface area contributed by atoms with Gasteiger partial charge in [0.15, 0.2) is 9.84 Å². The van der Waals surface area contributed by atoms with Crippen molar-refractivity contribution in [1.82, 2.24) is 0 Å². The fourth-order valence-corrected chi connectivity index (χ4v) is 2.77. The molecule has 1 N–H and O–H groups in total. The predicted molar refractivity (Wildman–Crippen MR) is 77.1 cm³/mol. The van der Waals surface area contributed by atoms with E-state index in [1.54, 1.807) is 19.2 Å². The molecule has 0 aromatic heterocycles. The number of rotatable bonds is 10. The Labute approximate surface area is 124 Å². The molecule has 0 saturated heterocycles. The van der Waals surface area contributed by atoms with Gasteiger partial charge in [0.2, 0.25) is 0 Å². The third kappa shape index (κ3) is 6.70. The van der Waals surface area contributed by atoms with E-state index in [1.165, 1.54) is 12.1 Å². The fourth-order valence-electron chi connectivity index (χ4n) is 1.65. The van der Waals surface area contributed by atoms with Crippen LogP contribution in [0.3, 0.4) is 0 Å². The summed E-state index contributed by atoms with van der Waals surface area (Å²) in [7, 11) is -1.83. The second-order valence-electron chi connectivity index (χ2n) is 4.46. The number of aliphatic carboxylic acids is 1. The maximum atomic E-state index is 12.0. The summed E-state index contributed by atoms with van der Waals surface area (Å²) >= 11 is 0. The van der Waals surface area contributed by atoms with Crippen molar-refractivity contribution in [1.29, 1.82) is 0 Å². The standard InChI is InChI=1S/C14H20O6S/c1-19-8-9-20-10-11-21(17,18)13-5-2-12(3-6-13)4-7-14(15)16/h2-3,5-6H,4,7-11H2,1H3,(H,15,16). The van der Waals surface area contributed by atoms with Crippen molar-refractivity contribution < 1.29 is 27.8 Å². The zero-order chi connectivity index (χ0) is 15.7. The molecule has 0 amide bonds. The van der Waals surface area contributed by atoms with Gasteiger partial charge in [0.25, 0.3) is 0 Å². The van der Waals surface area contributed by atoms with Crippen molar-refractivity contribution in [2.75, 3.05) is 32.7 Å². The Morgan fingerprint density at radius 3 is 2.38 bits per heavy atom. The Morgan fingerprint density at radius 1 is 1.14 bits per heavy atom. The zero-order valence-electron chi connectivity index (χ0n) is 11.9. The first-order valence-corrected chi connectivity index (χ1v) is 8.21. The van der Waals surface area contributed by atoms with Crippen LogP contribution in [0.25, 0.3) is 0 Å². The molecule has 0 saturated carbocycles. The van der Waals surface area contributed by atoms with Gasteiger partial charge in [-0.05, 0) is 24.1 Å². The van der Waals surface area contributed by atoms with Crippen LogP contribution in [0.4, 0.5) is 0 Å². The summed E-state index contributed by atoms with van der Waals surface area (Å²) in [4.78, 5) is 10.7. The molecule has 0 aliphatic rings. The van der Waals surface area contributed by atoms with Crippen molar-refractivity contribution >= 4 is 15.8 Å². The van der Waals surface area contributed by atoms with E-state index in [4.69, 9.17) is 14.6 Å². The van der Waals surface area contributed by atoms with Crippen LogP contribution < -0.4 is 0 Å². The molecule has 0 bridgehead atoms. The summed E-state index contributed by atoms with van der Waals surface area (Å²) < 4.78 is 34.0. The van der Waals surface area contributed by atoms with Crippen LogP contribution in [0.1, 0.15) is 12.0 Å². The van der Waals surface area contributed by atoms with Crippen molar-refractivity contribution in [3.05, 3.63) is 29.8 Å². The lowest BCUT2D eigenvalue weighted by molar-refractivity contribution is -0.136. The second-order valence-corrected chi connectivity index (χ2v) is 6.57. The van der Waals surface area contributed by atoms with Gasteiger partial charge in [-0.25, -0.2) is 8.42 Å². The Balaban J connectivity index is 2.52. The number of carboxylic acid groups (broad SMARTS) is 1. The molecule has 1 aromatic carbocycles. The van der Waals surface area contributed by atoms with Gasteiger partial charge in [-0.3, -0.25) is 4.79 Å². The predicted octanol–water partition coefficient (Wildman–Crippen LogP) is 1.14. The number of carboxylic acids is 1. The molecule has 0 fully saturated rings. The monoisotopic (exact) mass is 316 g/mol. The minimum atomic E-state index is -3.38. The Morgan fingerprint density at radius 2 is 1.81 bits per heavy atom. The van der Waals surface area contributed by atoms with Gasteiger partial charge in [0.1, 0.15) is 0 Å². The van der Waals surface area contributed by atoms with Gasteiger partial charge in [0.05, 0.1) is 30.5 Å². The van der Waals surface area contributed by atoms with Crippen molar-refractivity contribution in [3.8, 4) is 0 Å². The highest BCUT2D eigenvalue weighted by atomic mass is 32.2. The van der Waals surface area contributed by atoms with Crippen LogP contribution in [0.2, 0.25) is 0 Å². The SMILES string of the molecule is COCCOCCS(=O)(=O)c1ccc(CCC(=O)O)cc1. The van der Waals surface area contributed by atoms with E-state index in [1.807, 2.05) is 0 Å². The van der Waals surface area contributed by atoms with Crippen molar-refractivity contribution in [2.45, 2.75) is 17.7 Å². The van der Waals surface area contributed by atoms with Gasteiger partial charge in [-0.2, -0.15) is 0 Å². The van der Waals surface area contributed by atoms with E-state index in [2.05, 4.69) is 0 Å². The number of aryl methyl sites for hydroxylation is 1. The number of sulfone groups is 1. The second kappa shape index (κ2) is 8.76. The van der Waals surface area contributed by atoms with E-state index in [-0.39, 0.29) is 23.7 Å². The molecule has 0 radical (unpaired) electrons. The number of hydrogen-bond acceptors (Lipinski definition) is 5. The zero-order valence-corrected chi connectivity index (χ0v) is 12.8. The van der Waals surface area contributed by atoms with Crippen LogP contribution in [-0.4, -0.2) is 52.2 Å². The van der Waals surface area contributed by atoms with Gasteiger partial charge in [-0.15, -0.1) is 0 Å². The van der Waals surface area contributed by atoms with Gasteiger partial charge < -0.3 is 14.6 Å². The molecular weight excluding hydrogens is 296 g/mol. The first kappa shape index (κ1) is 17.6. The summed E-state index contributed by atoms with van der Waals surface area (Å²) in [5.74, 6) is -0.967. The molecule has 0 atom stereocenters. The van der Waals surface area contributed by atoms with Crippen molar-refractivity contribution in [2.24, 2.45) is 0 Å². The minimum absolute atomic E-state index is 0.0272. The van der Waals surface area contributed by atoms with Gasteiger partial charge in [0, 0.05) is 13.5 Å². The average Bonchev–Trinajstić information content (AvgIpc) is 2.45. The first-order chi connectivity index (χ1) is 9.95. The maximum Gasteiger partial charge on any atom is 0.303 e. The molecule has 6 nitrogen and oxygen atoms in total. The number of hydrogen-bond donors (Lipinski definition) is 1. The minimum Gasteiger partial charge on any atom is -0.481 e. The van der Waals surface area contributed by atoms with Crippen LogP contribution in [0.5, 0.6) is 0 Å². The normalized spacial score (nSPS) is 11.5. The van der Waals surface area contributed by atoms with E-state index in [0.717, 1.165) is 5.56 Å². The molecule has 0 spiro atoms. The topological polar surface area (TPSA) is 89.9 Å². The molecule has 1 aromatic rings. The molecular formula is C14H20O6S. The van der Waals surface area contributed by atoms with Crippen LogP contribution >= 0.6 is 0 Å². The first-order valence-electron chi connectivity index (χ1n) is 6.56. The van der Waals surface area contributed by atoms with E-state index >= 15 is 0 Å². The van der Waals surface area contributed by atoms with E-state index in [9.17, 15) is 13.2 Å². The van der Waals surface area contributed by atoms with Crippen LogP contribution in [0.15, 0.2) is 29.2 Å². The number of ether oxygens (including phenoxy) is 2. The third-order valence-corrected chi connectivity index (χ3v) is 4.53. The Bertz CT molecular complexity index is 535. The highest BCUT2D eigenvalue weighted by molar-refractivity contribution is 7.91. The van der Waals surface area contributed by atoms with Crippen LogP contribution in [0, 0.1) is 0 Å². The molecule has 7 heteroatoms. The smallest absolute Gasteiger partial charge is 0.303 e. The van der Waals surface area contributed by atoms with Gasteiger partial charge >= 0.3 is 5.97 Å². The molecule has 0 aliphatic heterocycles. The number of benzene rings is 1. The summed E-state index contributed by atoms with van der Waals surface area (Å²) in [6.07, 6.45) is 0.412. The summed E-state index contributed by atoms with van der Waals surface area (Å²) in [5.41, 5.74) is 0.799. The molecule has 1 rings (SSSR count). The van der Waals surface area contributed by atoms with Gasteiger partial charge in [-0.1, -0.05) is 12.1 Å². The largest absolute Gasteiger partial charge is 0.481 e. The summed E-state index contributed by atoms with van der Waals surface area (Å²) in [6.45, 7) is 0.908.